The summed E-state index contributed by atoms with van der Waals surface area (Å²) >= 11 is 0. The van der Waals surface area contributed by atoms with Crippen molar-refractivity contribution in [3.8, 4) is 0 Å². The molecule has 0 radical (unpaired) electrons. The quantitative estimate of drug-likeness (QED) is 0.753. The summed E-state index contributed by atoms with van der Waals surface area (Å²) in [6.45, 7) is 0.455. The van der Waals surface area contributed by atoms with Gasteiger partial charge < -0.3 is 16.4 Å². The first-order valence-corrected chi connectivity index (χ1v) is 6.48. The predicted octanol–water partition coefficient (Wildman–Crippen LogP) is 0.836. The smallest absolute Gasteiger partial charge is 0.251 e. The zero-order chi connectivity index (χ0) is 13.7. The third-order valence-electron chi connectivity index (χ3n) is 3.43. The van der Waals surface area contributed by atoms with Crippen LogP contribution in [0.2, 0.25) is 0 Å². The first-order chi connectivity index (χ1) is 9.09. The van der Waals surface area contributed by atoms with E-state index in [0.29, 0.717) is 12.1 Å². The van der Waals surface area contributed by atoms with Crippen molar-refractivity contribution in [2.75, 3.05) is 13.1 Å². The van der Waals surface area contributed by atoms with Crippen LogP contribution >= 0.6 is 12.4 Å². The Balaban J connectivity index is 0.00000200. The average Bonchev–Trinajstić information content (AvgIpc) is 2.41. The topological polar surface area (TPSA) is 84.2 Å². The molecule has 0 bridgehead atoms. The Morgan fingerprint density at radius 3 is 2.35 bits per heavy atom. The SMILES string of the molecule is Cl.NC1(CNC(=O)CNC(=O)c2ccccc2)CCC1. The number of rotatable bonds is 5. The molecule has 1 aliphatic carbocycles. The lowest BCUT2D eigenvalue weighted by Crippen LogP contribution is -2.55. The van der Waals surface area contributed by atoms with Crippen LogP contribution < -0.4 is 16.4 Å². The standard InChI is InChI=1S/C14H19N3O2.ClH/c15-14(7-4-8-14)10-17-12(18)9-16-13(19)11-5-2-1-3-6-11;/h1-3,5-6H,4,7-10,15H2,(H,16,19)(H,17,18);1H. The second-order valence-corrected chi connectivity index (χ2v) is 5.04. The van der Waals surface area contributed by atoms with Gasteiger partial charge in [0.2, 0.25) is 5.91 Å². The lowest BCUT2D eigenvalue weighted by atomic mass is 9.78. The molecule has 1 aromatic carbocycles. The minimum Gasteiger partial charge on any atom is -0.353 e. The van der Waals surface area contributed by atoms with Crippen LogP contribution in [0.1, 0.15) is 29.6 Å². The summed E-state index contributed by atoms with van der Waals surface area (Å²) in [5, 5.41) is 5.33. The van der Waals surface area contributed by atoms with Gasteiger partial charge in [0.15, 0.2) is 0 Å². The Bertz CT molecular complexity index is 461. The van der Waals surface area contributed by atoms with Gasteiger partial charge in [-0.05, 0) is 31.4 Å². The number of amides is 2. The Morgan fingerprint density at radius 1 is 1.15 bits per heavy atom. The highest BCUT2D eigenvalue weighted by molar-refractivity contribution is 5.96. The van der Waals surface area contributed by atoms with Gasteiger partial charge in [0.1, 0.15) is 0 Å². The highest BCUT2D eigenvalue weighted by Crippen LogP contribution is 2.27. The Kier molecular flexibility index (Phi) is 5.98. The number of nitrogens with one attached hydrogen (secondary N) is 2. The van der Waals surface area contributed by atoms with Gasteiger partial charge in [0.05, 0.1) is 6.54 Å². The second kappa shape index (κ2) is 7.26. The van der Waals surface area contributed by atoms with Crippen LogP contribution in [-0.4, -0.2) is 30.4 Å². The monoisotopic (exact) mass is 297 g/mol. The third kappa shape index (κ3) is 4.51. The van der Waals surface area contributed by atoms with Crippen molar-refractivity contribution in [1.29, 1.82) is 0 Å². The van der Waals surface area contributed by atoms with E-state index in [1.165, 1.54) is 0 Å². The molecule has 2 amide bonds. The molecular weight excluding hydrogens is 278 g/mol. The third-order valence-corrected chi connectivity index (χ3v) is 3.43. The lowest BCUT2D eigenvalue weighted by Gasteiger charge is -2.38. The molecule has 6 heteroatoms. The molecule has 0 aliphatic heterocycles. The molecule has 0 heterocycles. The van der Waals surface area contributed by atoms with Crippen molar-refractivity contribution in [2.45, 2.75) is 24.8 Å². The zero-order valence-electron chi connectivity index (χ0n) is 11.2. The largest absolute Gasteiger partial charge is 0.353 e. The highest BCUT2D eigenvalue weighted by Gasteiger charge is 2.32. The number of carbonyl (C=O) groups is 2. The van der Waals surface area contributed by atoms with Gasteiger partial charge in [0.25, 0.3) is 5.91 Å². The fourth-order valence-corrected chi connectivity index (χ4v) is 2.00. The summed E-state index contributed by atoms with van der Waals surface area (Å²) in [5.41, 5.74) is 6.30. The fourth-order valence-electron chi connectivity index (χ4n) is 2.00. The Morgan fingerprint density at radius 2 is 1.80 bits per heavy atom. The van der Waals surface area contributed by atoms with Gasteiger partial charge in [-0.25, -0.2) is 0 Å². The molecular formula is C14H20ClN3O2. The molecule has 2 rings (SSSR count). The fraction of sp³-hybridized carbons (Fsp3) is 0.429. The summed E-state index contributed by atoms with van der Waals surface area (Å²) < 4.78 is 0. The molecule has 1 saturated carbocycles. The minimum atomic E-state index is -0.248. The predicted molar refractivity (Wildman–Crippen MR) is 79.8 cm³/mol. The van der Waals surface area contributed by atoms with E-state index >= 15 is 0 Å². The molecule has 5 nitrogen and oxygen atoms in total. The van der Waals surface area contributed by atoms with E-state index in [1.54, 1.807) is 24.3 Å². The summed E-state index contributed by atoms with van der Waals surface area (Å²) in [6.07, 6.45) is 3.02. The number of nitrogens with two attached hydrogens (primary N) is 1. The molecule has 1 aliphatic rings. The van der Waals surface area contributed by atoms with Gasteiger partial charge in [-0.1, -0.05) is 18.2 Å². The summed E-state index contributed by atoms with van der Waals surface area (Å²) in [5.74, 6) is -0.456. The van der Waals surface area contributed by atoms with Crippen LogP contribution in [0.4, 0.5) is 0 Å². The summed E-state index contributed by atoms with van der Waals surface area (Å²) in [7, 11) is 0. The van der Waals surface area contributed by atoms with E-state index in [2.05, 4.69) is 10.6 Å². The van der Waals surface area contributed by atoms with Crippen LogP contribution in [0, 0.1) is 0 Å². The number of carbonyl (C=O) groups excluding carboxylic acids is 2. The van der Waals surface area contributed by atoms with Gasteiger partial charge in [-0.2, -0.15) is 0 Å². The molecule has 0 aromatic heterocycles. The lowest BCUT2D eigenvalue weighted by molar-refractivity contribution is -0.120. The molecule has 0 atom stereocenters. The van der Waals surface area contributed by atoms with Crippen molar-refractivity contribution < 1.29 is 9.59 Å². The average molecular weight is 298 g/mol. The zero-order valence-corrected chi connectivity index (χ0v) is 12.0. The van der Waals surface area contributed by atoms with Gasteiger partial charge in [-0.3, -0.25) is 9.59 Å². The summed E-state index contributed by atoms with van der Waals surface area (Å²) in [6, 6.07) is 8.81. The molecule has 20 heavy (non-hydrogen) atoms. The molecule has 4 N–H and O–H groups in total. The number of benzene rings is 1. The summed E-state index contributed by atoms with van der Waals surface area (Å²) in [4.78, 5) is 23.3. The maximum Gasteiger partial charge on any atom is 0.251 e. The Labute approximate surface area is 124 Å². The molecule has 0 spiro atoms. The van der Waals surface area contributed by atoms with Crippen LogP contribution in [0.15, 0.2) is 30.3 Å². The van der Waals surface area contributed by atoms with Gasteiger partial charge in [0, 0.05) is 17.6 Å². The van der Waals surface area contributed by atoms with E-state index in [1.807, 2.05) is 6.07 Å². The van der Waals surface area contributed by atoms with Crippen molar-refractivity contribution in [3.63, 3.8) is 0 Å². The van der Waals surface area contributed by atoms with E-state index < -0.39 is 0 Å². The Hall–Kier alpha value is -1.59. The molecule has 110 valence electrons. The van der Waals surface area contributed by atoms with Crippen molar-refractivity contribution in [3.05, 3.63) is 35.9 Å². The first kappa shape index (κ1) is 16.5. The van der Waals surface area contributed by atoms with Crippen LogP contribution in [0.3, 0.4) is 0 Å². The first-order valence-electron chi connectivity index (χ1n) is 6.48. The van der Waals surface area contributed by atoms with Crippen LogP contribution in [0.5, 0.6) is 0 Å². The number of halogens is 1. The van der Waals surface area contributed by atoms with E-state index in [0.717, 1.165) is 19.3 Å². The van der Waals surface area contributed by atoms with Gasteiger partial charge >= 0.3 is 0 Å². The normalized spacial score (nSPS) is 15.4. The number of hydrogen-bond acceptors (Lipinski definition) is 3. The van der Waals surface area contributed by atoms with Crippen molar-refractivity contribution >= 4 is 24.2 Å². The van der Waals surface area contributed by atoms with Crippen LogP contribution in [0.25, 0.3) is 0 Å². The molecule has 1 aromatic rings. The van der Waals surface area contributed by atoms with Crippen LogP contribution in [-0.2, 0) is 4.79 Å². The van der Waals surface area contributed by atoms with E-state index in [-0.39, 0.29) is 36.3 Å². The van der Waals surface area contributed by atoms with E-state index in [4.69, 9.17) is 5.73 Å². The molecule has 0 saturated heterocycles. The van der Waals surface area contributed by atoms with Crippen molar-refractivity contribution in [1.82, 2.24) is 10.6 Å². The molecule has 1 fully saturated rings. The molecule has 0 unspecified atom stereocenters. The van der Waals surface area contributed by atoms with Gasteiger partial charge in [-0.15, -0.1) is 12.4 Å². The minimum absolute atomic E-state index is 0. The second-order valence-electron chi connectivity index (χ2n) is 5.04. The maximum absolute atomic E-state index is 11.7. The van der Waals surface area contributed by atoms with Crippen molar-refractivity contribution in [2.24, 2.45) is 5.73 Å². The maximum atomic E-state index is 11.7. The number of hydrogen-bond donors (Lipinski definition) is 3. The highest BCUT2D eigenvalue weighted by atomic mass is 35.5. The van der Waals surface area contributed by atoms with E-state index in [9.17, 15) is 9.59 Å².